The van der Waals surface area contributed by atoms with Crippen LogP contribution in [-0.4, -0.2) is 46.3 Å². The van der Waals surface area contributed by atoms with E-state index in [1.165, 1.54) is 19.1 Å². The number of amides is 2. The second-order valence-corrected chi connectivity index (χ2v) is 10.6. The van der Waals surface area contributed by atoms with Gasteiger partial charge in [0.25, 0.3) is 5.92 Å². The van der Waals surface area contributed by atoms with Gasteiger partial charge >= 0.3 is 5.97 Å². The van der Waals surface area contributed by atoms with Crippen LogP contribution in [0, 0.1) is 5.92 Å². The zero-order chi connectivity index (χ0) is 27.4. The lowest BCUT2D eigenvalue weighted by Gasteiger charge is -2.41. The van der Waals surface area contributed by atoms with Crippen molar-refractivity contribution in [1.82, 2.24) is 4.90 Å². The minimum atomic E-state index is -3.28. The van der Waals surface area contributed by atoms with Crippen molar-refractivity contribution in [1.29, 1.82) is 0 Å². The van der Waals surface area contributed by atoms with Gasteiger partial charge in [-0.3, -0.25) is 19.3 Å². The van der Waals surface area contributed by atoms with E-state index in [9.17, 15) is 28.3 Å². The van der Waals surface area contributed by atoms with Gasteiger partial charge in [0, 0.05) is 28.7 Å². The summed E-state index contributed by atoms with van der Waals surface area (Å²) in [5.74, 6) is -7.05. The summed E-state index contributed by atoms with van der Waals surface area (Å²) in [7, 11) is 0. The Labute approximate surface area is 226 Å². The molecule has 0 bridgehead atoms. The van der Waals surface area contributed by atoms with Crippen molar-refractivity contribution in [3.8, 4) is 0 Å². The summed E-state index contributed by atoms with van der Waals surface area (Å²) >= 11 is 12.5. The van der Waals surface area contributed by atoms with Crippen LogP contribution in [0.3, 0.4) is 0 Å². The molecule has 198 valence electrons. The lowest BCUT2D eigenvalue weighted by molar-refractivity contribution is -0.147. The molecule has 0 aromatic heterocycles. The van der Waals surface area contributed by atoms with Crippen LogP contribution in [0.15, 0.2) is 54.6 Å². The molecule has 0 aliphatic carbocycles. The highest BCUT2D eigenvalue weighted by molar-refractivity contribution is 6.38. The lowest BCUT2D eigenvalue weighted by atomic mass is 9.83. The Hall–Kier alpha value is -3.27. The van der Waals surface area contributed by atoms with Crippen LogP contribution in [-0.2, 0) is 19.9 Å². The Bertz CT molecular complexity index is 1480. The number of hydrogen-bond donors (Lipinski definition) is 3. The van der Waals surface area contributed by atoms with Gasteiger partial charge in [0.05, 0.1) is 29.6 Å². The molecule has 1 saturated heterocycles. The number of carbonyl (C=O) groups excluding carboxylic acids is 2. The number of aliphatic carboxylic acids is 1. The number of rotatable bonds is 6. The molecule has 7 nitrogen and oxygen atoms in total. The molecule has 0 radical (unpaired) electrons. The molecular formula is C27H23Cl2F2N3O4. The molecule has 2 aliphatic rings. The van der Waals surface area contributed by atoms with Gasteiger partial charge in [-0.25, -0.2) is 8.78 Å². The van der Waals surface area contributed by atoms with Crippen molar-refractivity contribution in [3.63, 3.8) is 0 Å². The maximum atomic E-state index is 15.0. The van der Waals surface area contributed by atoms with E-state index in [4.69, 9.17) is 23.2 Å². The standard InChI is InChI=1S/C27H23Cl2F2N3O4/c1-14(24(37)32-18-7-6-15-4-2-3-5-16(15)8-18)21-11-26(30,31)13-34(21)27(12-22(35)36)19-9-17(28)10-20(29)23(19)33-25(27)38/h2-10,14,21H,11-13H2,1H3,(H,32,37)(H,33,38)(H,35,36)/t14-,21-,27-/m1/s1. The van der Waals surface area contributed by atoms with Crippen LogP contribution < -0.4 is 10.6 Å². The fraction of sp³-hybridized carbons (Fsp3) is 0.296. The summed E-state index contributed by atoms with van der Waals surface area (Å²) in [6, 6.07) is 14.4. The number of fused-ring (bicyclic) bond motifs is 2. The number of halogens is 4. The van der Waals surface area contributed by atoms with E-state index >= 15 is 0 Å². The molecule has 2 amide bonds. The summed E-state index contributed by atoms with van der Waals surface area (Å²) in [6.45, 7) is 0.568. The van der Waals surface area contributed by atoms with Gasteiger partial charge in [-0.15, -0.1) is 0 Å². The van der Waals surface area contributed by atoms with Crippen molar-refractivity contribution >= 4 is 63.1 Å². The summed E-state index contributed by atoms with van der Waals surface area (Å²) in [5.41, 5.74) is -1.35. The third kappa shape index (κ3) is 4.48. The van der Waals surface area contributed by atoms with Crippen molar-refractivity contribution in [2.75, 3.05) is 17.2 Å². The third-order valence-corrected chi connectivity index (χ3v) is 7.85. The normalized spacial score (nSPS) is 23.2. The molecule has 0 saturated carbocycles. The second-order valence-electron chi connectivity index (χ2n) is 9.79. The van der Waals surface area contributed by atoms with Crippen molar-refractivity contribution in [2.45, 2.75) is 37.3 Å². The molecule has 5 rings (SSSR count). The van der Waals surface area contributed by atoms with Crippen LogP contribution in [0.4, 0.5) is 20.2 Å². The van der Waals surface area contributed by atoms with Gasteiger partial charge in [-0.1, -0.05) is 60.5 Å². The lowest BCUT2D eigenvalue weighted by Crippen LogP contribution is -2.57. The number of anilines is 2. The number of likely N-dealkylation sites (tertiary alicyclic amines) is 1. The van der Waals surface area contributed by atoms with E-state index in [1.54, 1.807) is 12.1 Å². The highest BCUT2D eigenvalue weighted by Gasteiger charge is 2.62. The molecule has 0 spiro atoms. The smallest absolute Gasteiger partial charge is 0.306 e. The quantitative estimate of drug-likeness (QED) is 0.355. The Morgan fingerprint density at radius 3 is 2.58 bits per heavy atom. The van der Waals surface area contributed by atoms with Gasteiger partial charge in [0.2, 0.25) is 11.8 Å². The molecular weight excluding hydrogens is 539 g/mol. The monoisotopic (exact) mass is 561 g/mol. The number of carboxylic acid groups (broad SMARTS) is 1. The topological polar surface area (TPSA) is 98.7 Å². The fourth-order valence-electron chi connectivity index (χ4n) is 5.56. The van der Waals surface area contributed by atoms with E-state index in [-0.39, 0.29) is 21.3 Å². The highest BCUT2D eigenvalue weighted by Crippen LogP contribution is 2.52. The minimum Gasteiger partial charge on any atom is -0.481 e. The fourth-order valence-corrected chi connectivity index (χ4v) is 6.10. The first kappa shape index (κ1) is 26.3. The number of alkyl halides is 2. The number of hydrogen-bond acceptors (Lipinski definition) is 4. The molecule has 11 heteroatoms. The number of nitrogens with one attached hydrogen (secondary N) is 2. The third-order valence-electron chi connectivity index (χ3n) is 7.33. The van der Waals surface area contributed by atoms with Crippen LogP contribution in [0.25, 0.3) is 10.8 Å². The van der Waals surface area contributed by atoms with E-state index < -0.39 is 60.6 Å². The van der Waals surface area contributed by atoms with Crippen LogP contribution in [0.2, 0.25) is 10.0 Å². The Morgan fingerprint density at radius 2 is 1.87 bits per heavy atom. The summed E-state index contributed by atoms with van der Waals surface area (Å²) in [4.78, 5) is 39.9. The zero-order valence-electron chi connectivity index (χ0n) is 20.1. The first-order valence-corrected chi connectivity index (χ1v) is 12.6. The average molecular weight is 562 g/mol. The molecule has 1 fully saturated rings. The second kappa shape index (κ2) is 9.48. The number of benzene rings is 3. The Morgan fingerprint density at radius 1 is 1.16 bits per heavy atom. The van der Waals surface area contributed by atoms with Crippen molar-refractivity contribution < 1.29 is 28.3 Å². The molecule has 3 atom stereocenters. The first-order chi connectivity index (χ1) is 17.9. The van der Waals surface area contributed by atoms with E-state index in [0.29, 0.717) is 5.69 Å². The molecule has 38 heavy (non-hydrogen) atoms. The minimum absolute atomic E-state index is 0.0534. The van der Waals surface area contributed by atoms with Gasteiger partial charge in [0.1, 0.15) is 5.54 Å². The molecule has 3 aromatic carbocycles. The van der Waals surface area contributed by atoms with E-state index in [0.717, 1.165) is 15.7 Å². The molecule has 2 heterocycles. The summed E-state index contributed by atoms with van der Waals surface area (Å²) < 4.78 is 30.0. The summed E-state index contributed by atoms with van der Waals surface area (Å²) in [6.07, 6.45) is -1.56. The first-order valence-electron chi connectivity index (χ1n) is 11.9. The predicted molar refractivity (Wildman–Crippen MR) is 141 cm³/mol. The maximum Gasteiger partial charge on any atom is 0.306 e. The van der Waals surface area contributed by atoms with Gasteiger partial charge in [-0.2, -0.15) is 0 Å². The van der Waals surface area contributed by atoms with Gasteiger partial charge in [0.15, 0.2) is 0 Å². The van der Waals surface area contributed by atoms with Crippen LogP contribution in [0.1, 0.15) is 25.3 Å². The Balaban J connectivity index is 1.53. The van der Waals surface area contributed by atoms with Crippen LogP contribution in [0.5, 0.6) is 0 Å². The molecule has 2 aliphatic heterocycles. The largest absolute Gasteiger partial charge is 0.481 e. The molecule has 3 aromatic rings. The highest BCUT2D eigenvalue weighted by atomic mass is 35.5. The SMILES string of the molecule is C[C@@H](C(=O)Nc1ccc2ccccc2c1)[C@H]1CC(F)(F)CN1[C@@]1(CC(=O)O)C(=O)Nc2c(Cl)cc(Cl)cc21. The van der Waals surface area contributed by atoms with E-state index in [1.807, 2.05) is 30.3 Å². The Kier molecular flexibility index (Phi) is 6.57. The maximum absolute atomic E-state index is 15.0. The zero-order valence-corrected chi connectivity index (χ0v) is 21.6. The number of carboxylic acids is 1. The van der Waals surface area contributed by atoms with Crippen molar-refractivity contribution in [3.05, 3.63) is 70.2 Å². The molecule has 3 N–H and O–H groups in total. The predicted octanol–water partition coefficient (Wildman–Crippen LogP) is 5.75. The number of nitrogens with zero attached hydrogens (tertiary/aromatic N) is 1. The molecule has 0 unspecified atom stereocenters. The number of carbonyl (C=O) groups is 3. The average Bonchev–Trinajstić information content (AvgIpc) is 3.32. The van der Waals surface area contributed by atoms with Gasteiger partial charge in [-0.05, 0) is 35.0 Å². The van der Waals surface area contributed by atoms with Crippen molar-refractivity contribution in [2.24, 2.45) is 5.92 Å². The van der Waals surface area contributed by atoms with E-state index in [2.05, 4.69) is 10.6 Å². The summed E-state index contributed by atoms with van der Waals surface area (Å²) in [5, 5.41) is 17.2. The van der Waals surface area contributed by atoms with Gasteiger partial charge < -0.3 is 15.7 Å². The van der Waals surface area contributed by atoms with Crippen LogP contribution >= 0.6 is 23.2 Å².